The average Bonchev–Trinajstić information content (AvgIpc) is 2.70. The first-order valence-corrected chi connectivity index (χ1v) is 6.05. The van der Waals surface area contributed by atoms with E-state index in [0.717, 1.165) is 0 Å². The SMILES string of the molecule is C[C@@H](O)CNc1nc(N)c2ncn(C[C@@H](C)O)c2n1. The molecule has 0 amide bonds. The monoisotopic (exact) mass is 266 g/mol. The number of aliphatic hydroxyl groups is 2. The minimum atomic E-state index is -0.512. The summed E-state index contributed by atoms with van der Waals surface area (Å²) in [6.45, 7) is 4.05. The number of nitrogens with one attached hydrogen (secondary N) is 1. The third-order valence-electron chi connectivity index (χ3n) is 2.51. The molecule has 8 nitrogen and oxygen atoms in total. The van der Waals surface area contributed by atoms with Crippen LogP contribution in [-0.2, 0) is 6.54 Å². The van der Waals surface area contributed by atoms with Gasteiger partial charge >= 0.3 is 0 Å². The smallest absolute Gasteiger partial charge is 0.226 e. The van der Waals surface area contributed by atoms with E-state index in [1.807, 2.05) is 0 Å². The van der Waals surface area contributed by atoms with Crippen LogP contribution >= 0.6 is 0 Å². The second-order valence-electron chi connectivity index (χ2n) is 4.58. The summed E-state index contributed by atoms with van der Waals surface area (Å²) < 4.78 is 1.71. The molecule has 2 atom stereocenters. The molecule has 0 fully saturated rings. The Balaban J connectivity index is 2.35. The number of imidazole rings is 1. The van der Waals surface area contributed by atoms with Gasteiger partial charge in [0.15, 0.2) is 11.5 Å². The standard InChI is InChI=1S/C11H18N6O2/c1-6(18)3-13-11-15-9(12)8-10(16-11)17(5-14-8)4-7(2)19/h5-7,18-19H,3-4H2,1-2H3,(H3,12,13,15,16)/t6-,7-/m1/s1. The normalized spacial score (nSPS) is 14.5. The number of nitrogens with two attached hydrogens (primary N) is 1. The predicted octanol–water partition coefficient (Wildman–Crippen LogP) is -0.418. The molecule has 0 radical (unpaired) electrons. The van der Waals surface area contributed by atoms with Crippen molar-refractivity contribution in [1.29, 1.82) is 0 Å². The lowest BCUT2D eigenvalue weighted by Crippen LogP contribution is -2.18. The fraction of sp³-hybridized carbons (Fsp3) is 0.545. The lowest BCUT2D eigenvalue weighted by Gasteiger charge is -2.09. The van der Waals surface area contributed by atoms with Crippen molar-refractivity contribution in [2.75, 3.05) is 17.6 Å². The summed E-state index contributed by atoms with van der Waals surface area (Å²) in [7, 11) is 0. The molecule has 0 unspecified atom stereocenters. The highest BCUT2D eigenvalue weighted by Gasteiger charge is 2.12. The van der Waals surface area contributed by atoms with Gasteiger partial charge in [-0.25, -0.2) is 4.98 Å². The van der Waals surface area contributed by atoms with Crippen LogP contribution in [0.4, 0.5) is 11.8 Å². The summed E-state index contributed by atoms with van der Waals surface area (Å²) in [6, 6.07) is 0. The Morgan fingerprint density at radius 1 is 1.32 bits per heavy atom. The highest BCUT2D eigenvalue weighted by atomic mass is 16.3. The summed E-state index contributed by atoms with van der Waals surface area (Å²) in [4.78, 5) is 12.5. The van der Waals surface area contributed by atoms with Gasteiger partial charge in [-0.1, -0.05) is 0 Å². The second kappa shape index (κ2) is 5.37. The van der Waals surface area contributed by atoms with Gasteiger partial charge < -0.3 is 25.8 Å². The number of hydrogen-bond donors (Lipinski definition) is 4. The number of hydrogen-bond acceptors (Lipinski definition) is 7. The maximum atomic E-state index is 9.43. The van der Waals surface area contributed by atoms with E-state index >= 15 is 0 Å². The van der Waals surface area contributed by atoms with Crippen molar-refractivity contribution in [3.63, 3.8) is 0 Å². The molecule has 104 valence electrons. The van der Waals surface area contributed by atoms with Crippen LogP contribution < -0.4 is 11.1 Å². The average molecular weight is 266 g/mol. The number of fused-ring (bicyclic) bond motifs is 1. The lowest BCUT2D eigenvalue weighted by molar-refractivity contribution is 0.175. The van der Waals surface area contributed by atoms with Crippen LogP contribution in [0.3, 0.4) is 0 Å². The van der Waals surface area contributed by atoms with Crippen LogP contribution in [0.25, 0.3) is 11.2 Å². The Hall–Kier alpha value is -1.93. The zero-order valence-corrected chi connectivity index (χ0v) is 10.9. The van der Waals surface area contributed by atoms with E-state index in [4.69, 9.17) is 5.73 Å². The summed E-state index contributed by atoms with van der Waals surface area (Å²) in [6.07, 6.45) is 0.547. The minimum Gasteiger partial charge on any atom is -0.392 e. The van der Waals surface area contributed by atoms with Crippen LogP contribution in [-0.4, -0.2) is 48.5 Å². The van der Waals surface area contributed by atoms with Gasteiger partial charge in [0.1, 0.15) is 5.52 Å². The molecule has 2 aromatic heterocycles. The molecule has 8 heteroatoms. The first-order valence-electron chi connectivity index (χ1n) is 6.05. The maximum Gasteiger partial charge on any atom is 0.226 e. The van der Waals surface area contributed by atoms with Crippen LogP contribution in [0.1, 0.15) is 13.8 Å². The molecule has 0 aliphatic rings. The number of aliphatic hydroxyl groups excluding tert-OH is 2. The molecule has 2 rings (SSSR count). The van der Waals surface area contributed by atoms with Crippen molar-refractivity contribution in [3.05, 3.63) is 6.33 Å². The van der Waals surface area contributed by atoms with Crippen LogP contribution in [0.5, 0.6) is 0 Å². The van der Waals surface area contributed by atoms with E-state index in [0.29, 0.717) is 30.2 Å². The quantitative estimate of drug-likeness (QED) is 0.579. The number of anilines is 2. The zero-order chi connectivity index (χ0) is 14.0. The van der Waals surface area contributed by atoms with Crippen LogP contribution in [0.2, 0.25) is 0 Å². The molecule has 0 spiro atoms. The fourth-order valence-corrected chi connectivity index (χ4v) is 1.70. The first-order chi connectivity index (χ1) is 8.97. The highest BCUT2D eigenvalue weighted by molar-refractivity contribution is 5.82. The van der Waals surface area contributed by atoms with Gasteiger partial charge in [-0.2, -0.15) is 9.97 Å². The van der Waals surface area contributed by atoms with Gasteiger partial charge in [0.05, 0.1) is 25.1 Å². The van der Waals surface area contributed by atoms with Gasteiger partial charge in [0.2, 0.25) is 5.95 Å². The molecule has 2 heterocycles. The van der Waals surface area contributed by atoms with Crippen LogP contribution in [0, 0.1) is 0 Å². The van der Waals surface area contributed by atoms with Gasteiger partial charge in [-0.3, -0.25) is 0 Å². The molecule has 5 N–H and O–H groups in total. The molecule has 0 saturated heterocycles. The molecular formula is C11H18N6O2. The third-order valence-corrected chi connectivity index (χ3v) is 2.51. The third kappa shape index (κ3) is 3.09. The zero-order valence-electron chi connectivity index (χ0n) is 10.9. The summed E-state index contributed by atoms with van der Waals surface area (Å²) in [5.41, 5.74) is 6.88. The lowest BCUT2D eigenvalue weighted by atomic mass is 10.4. The Bertz CT molecular complexity index is 566. The van der Waals surface area contributed by atoms with Crippen molar-refractivity contribution in [3.8, 4) is 0 Å². The molecule has 0 aliphatic carbocycles. The van der Waals surface area contributed by atoms with E-state index in [9.17, 15) is 10.2 Å². The highest BCUT2D eigenvalue weighted by Crippen LogP contribution is 2.18. The van der Waals surface area contributed by atoms with Crippen molar-refractivity contribution in [1.82, 2.24) is 19.5 Å². The van der Waals surface area contributed by atoms with E-state index < -0.39 is 12.2 Å². The van der Waals surface area contributed by atoms with E-state index in [1.165, 1.54) is 0 Å². The largest absolute Gasteiger partial charge is 0.392 e. The minimum absolute atomic E-state index is 0.266. The van der Waals surface area contributed by atoms with Crippen molar-refractivity contribution in [2.24, 2.45) is 0 Å². The molecular weight excluding hydrogens is 248 g/mol. The topological polar surface area (TPSA) is 122 Å². The van der Waals surface area contributed by atoms with E-state index in [-0.39, 0.29) is 5.82 Å². The first kappa shape index (κ1) is 13.5. The Kier molecular flexibility index (Phi) is 3.82. The Morgan fingerprint density at radius 2 is 2.05 bits per heavy atom. The van der Waals surface area contributed by atoms with Crippen molar-refractivity contribution < 1.29 is 10.2 Å². The number of rotatable bonds is 5. The molecule has 2 aromatic rings. The van der Waals surface area contributed by atoms with Gasteiger partial charge in [-0.05, 0) is 13.8 Å². The molecule has 0 bridgehead atoms. The number of nitrogen functional groups attached to an aromatic ring is 1. The van der Waals surface area contributed by atoms with Crippen molar-refractivity contribution >= 4 is 22.9 Å². The summed E-state index contributed by atoms with van der Waals surface area (Å²) in [5.74, 6) is 0.598. The molecule has 0 saturated carbocycles. The Morgan fingerprint density at radius 3 is 2.68 bits per heavy atom. The molecule has 0 aromatic carbocycles. The summed E-state index contributed by atoms with van der Waals surface area (Å²) in [5, 5.41) is 21.5. The van der Waals surface area contributed by atoms with E-state index in [1.54, 1.807) is 24.7 Å². The van der Waals surface area contributed by atoms with Crippen molar-refractivity contribution in [2.45, 2.75) is 32.6 Å². The number of aromatic nitrogens is 4. The van der Waals surface area contributed by atoms with Crippen LogP contribution in [0.15, 0.2) is 6.33 Å². The molecule has 0 aliphatic heterocycles. The van der Waals surface area contributed by atoms with Gasteiger partial charge in [0, 0.05) is 6.54 Å². The second-order valence-corrected chi connectivity index (χ2v) is 4.58. The molecule has 19 heavy (non-hydrogen) atoms. The van der Waals surface area contributed by atoms with E-state index in [2.05, 4.69) is 20.3 Å². The maximum absolute atomic E-state index is 9.43. The van der Waals surface area contributed by atoms with Gasteiger partial charge in [-0.15, -0.1) is 0 Å². The fourth-order valence-electron chi connectivity index (χ4n) is 1.70. The Labute approximate surface area is 110 Å². The number of nitrogens with zero attached hydrogens (tertiary/aromatic N) is 4. The summed E-state index contributed by atoms with van der Waals surface area (Å²) >= 11 is 0. The van der Waals surface area contributed by atoms with Gasteiger partial charge in [0.25, 0.3) is 0 Å². The predicted molar refractivity (Wildman–Crippen MR) is 71.6 cm³/mol.